The van der Waals surface area contributed by atoms with E-state index >= 15 is 0 Å². The number of nitrogens with one attached hydrogen (secondary N) is 1. The Morgan fingerprint density at radius 3 is 2.72 bits per heavy atom. The van der Waals surface area contributed by atoms with E-state index in [1.54, 1.807) is 0 Å². The fraction of sp³-hybridized carbons (Fsp3) is 0.542. The van der Waals surface area contributed by atoms with E-state index in [1.807, 2.05) is 43.5 Å². The number of esters is 2. The van der Waals surface area contributed by atoms with Crippen LogP contribution >= 0.6 is 11.3 Å². The van der Waals surface area contributed by atoms with Crippen molar-refractivity contribution in [3.8, 4) is 0 Å². The number of aromatic nitrogens is 1. The van der Waals surface area contributed by atoms with E-state index in [0.717, 1.165) is 12.1 Å². The molecular formula is C24H30N2O5S. The van der Waals surface area contributed by atoms with Gasteiger partial charge in [0, 0.05) is 30.5 Å². The SMILES string of the molecule is Cc1ccc(Nc2nc([C@]3(C)C[C@]4(C[C@@H](COCCC(C)C)OC4=O)C(=O)O3)cs2)cc1. The van der Waals surface area contributed by atoms with Crippen molar-refractivity contribution in [1.29, 1.82) is 0 Å². The van der Waals surface area contributed by atoms with Crippen molar-refractivity contribution in [3.63, 3.8) is 0 Å². The smallest absolute Gasteiger partial charge is 0.324 e. The minimum absolute atomic E-state index is 0.216. The molecule has 2 aliphatic rings. The van der Waals surface area contributed by atoms with Crippen LogP contribution in [0.15, 0.2) is 29.6 Å². The summed E-state index contributed by atoms with van der Waals surface area (Å²) >= 11 is 1.43. The fourth-order valence-electron chi connectivity index (χ4n) is 4.18. The van der Waals surface area contributed by atoms with Crippen LogP contribution in [0.3, 0.4) is 0 Å². The molecule has 8 heteroatoms. The Kier molecular flexibility index (Phi) is 6.27. The van der Waals surface area contributed by atoms with Crippen LogP contribution in [0, 0.1) is 18.3 Å². The lowest BCUT2D eigenvalue weighted by Crippen LogP contribution is -2.32. The molecule has 2 saturated heterocycles. The number of rotatable bonds is 8. The summed E-state index contributed by atoms with van der Waals surface area (Å²) in [6.45, 7) is 9.01. The van der Waals surface area contributed by atoms with E-state index < -0.39 is 29.1 Å². The number of carbonyl (C=O) groups is 2. The number of hydrogen-bond donors (Lipinski definition) is 1. The molecule has 0 bridgehead atoms. The minimum Gasteiger partial charge on any atom is -0.459 e. The van der Waals surface area contributed by atoms with Gasteiger partial charge in [0.25, 0.3) is 0 Å². The van der Waals surface area contributed by atoms with Gasteiger partial charge in [-0.05, 0) is 38.3 Å². The molecule has 1 spiro atoms. The van der Waals surface area contributed by atoms with E-state index in [2.05, 4.69) is 24.1 Å². The van der Waals surface area contributed by atoms with Crippen molar-refractivity contribution in [1.82, 2.24) is 4.98 Å². The zero-order valence-corrected chi connectivity index (χ0v) is 19.8. The lowest BCUT2D eigenvalue weighted by molar-refractivity contribution is -0.160. The largest absolute Gasteiger partial charge is 0.459 e. The predicted molar refractivity (Wildman–Crippen MR) is 122 cm³/mol. The second-order valence-electron chi connectivity index (χ2n) is 9.40. The molecule has 2 aliphatic heterocycles. The molecule has 3 atom stereocenters. The fourth-order valence-corrected chi connectivity index (χ4v) is 5.03. The Balaban J connectivity index is 1.42. The second-order valence-corrected chi connectivity index (χ2v) is 10.3. The maximum Gasteiger partial charge on any atom is 0.324 e. The summed E-state index contributed by atoms with van der Waals surface area (Å²) in [6, 6.07) is 8.02. The molecule has 0 aliphatic carbocycles. The molecular weight excluding hydrogens is 428 g/mol. The Hall–Kier alpha value is -2.45. The summed E-state index contributed by atoms with van der Waals surface area (Å²) in [6.07, 6.45) is 1.00. The highest BCUT2D eigenvalue weighted by Crippen LogP contribution is 2.52. The lowest BCUT2D eigenvalue weighted by atomic mass is 9.78. The van der Waals surface area contributed by atoms with Gasteiger partial charge in [-0.3, -0.25) is 9.59 Å². The number of nitrogens with zero attached hydrogens (tertiary/aromatic N) is 1. The molecule has 1 aromatic carbocycles. The van der Waals surface area contributed by atoms with E-state index in [4.69, 9.17) is 14.2 Å². The van der Waals surface area contributed by atoms with Gasteiger partial charge in [0.05, 0.1) is 12.3 Å². The number of cyclic esters (lactones) is 2. The normalized spacial score (nSPS) is 27.2. The summed E-state index contributed by atoms with van der Waals surface area (Å²) in [5, 5.41) is 5.85. The third-order valence-corrected chi connectivity index (χ3v) is 6.84. The number of thiazole rings is 1. The van der Waals surface area contributed by atoms with Crippen molar-refractivity contribution in [2.24, 2.45) is 11.3 Å². The third-order valence-electron chi connectivity index (χ3n) is 6.08. The number of aryl methyl sites for hydroxylation is 1. The summed E-state index contributed by atoms with van der Waals surface area (Å²) in [5.74, 6) is -0.505. The zero-order chi connectivity index (χ0) is 22.9. The Bertz CT molecular complexity index is 989. The van der Waals surface area contributed by atoms with Gasteiger partial charge in [-0.2, -0.15) is 0 Å². The maximum atomic E-state index is 12.9. The molecule has 172 valence electrons. The van der Waals surface area contributed by atoms with E-state index in [-0.39, 0.29) is 12.8 Å². The molecule has 2 aromatic rings. The van der Waals surface area contributed by atoms with E-state index in [0.29, 0.717) is 30.0 Å². The molecule has 1 N–H and O–H groups in total. The summed E-state index contributed by atoms with van der Waals surface area (Å²) in [5.41, 5.74) is 0.480. The van der Waals surface area contributed by atoms with Gasteiger partial charge in [0.15, 0.2) is 16.1 Å². The van der Waals surface area contributed by atoms with Crippen molar-refractivity contribution < 1.29 is 23.8 Å². The maximum absolute atomic E-state index is 12.9. The topological polar surface area (TPSA) is 86.8 Å². The van der Waals surface area contributed by atoms with Crippen LogP contribution in [-0.4, -0.2) is 36.2 Å². The number of ether oxygens (including phenoxy) is 3. The molecule has 0 unspecified atom stereocenters. The van der Waals surface area contributed by atoms with Gasteiger partial charge < -0.3 is 19.5 Å². The van der Waals surface area contributed by atoms with Gasteiger partial charge in [0.2, 0.25) is 0 Å². The Labute approximate surface area is 192 Å². The van der Waals surface area contributed by atoms with Gasteiger partial charge in [-0.15, -0.1) is 11.3 Å². The molecule has 2 fully saturated rings. The summed E-state index contributed by atoms with van der Waals surface area (Å²) in [7, 11) is 0. The van der Waals surface area contributed by atoms with Gasteiger partial charge >= 0.3 is 11.9 Å². The molecule has 4 rings (SSSR count). The molecule has 0 amide bonds. The molecule has 0 saturated carbocycles. The average Bonchev–Trinajstić information content (AvgIpc) is 3.39. The van der Waals surface area contributed by atoms with E-state index in [1.165, 1.54) is 16.9 Å². The number of carbonyl (C=O) groups excluding carboxylic acids is 2. The van der Waals surface area contributed by atoms with Crippen molar-refractivity contribution in [2.45, 2.75) is 58.7 Å². The Morgan fingerprint density at radius 2 is 2.00 bits per heavy atom. The first-order valence-electron chi connectivity index (χ1n) is 11.0. The van der Waals surface area contributed by atoms with Gasteiger partial charge in [0.1, 0.15) is 6.10 Å². The summed E-state index contributed by atoms with van der Waals surface area (Å²) in [4.78, 5) is 30.3. The molecule has 0 radical (unpaired) electrons. The number of benzene rings is 1. The van der Waals surface area contributed by atoms with Crippen LogP contribution in [0.1, 0.15) is 51.3 Å². The molecule has 3 heterocycles. The highest BCUT2D eigenvalue weighted by Gasteiger charge is 2.65. The highest BCUT2D eigenvalue weighted by molar-refractivity contribution is 7.13. The van der Waals surface area contributed by atoms with Crippen LogP contribution in [-0.2, 0) is 29.4 Å². The van der Waals surface area contributed by atoms with Crippen molar-refractivity contribution in [3.05, 3.63) is 40.9 Å². The Morgan fingerprint density at radius 1 is 1.25 bits per heavy atom. The predicted octanol–water partition coefficient (Wildman–Crippen LogP) is 4.72. The highest BCUT2D eigenvalue weighted by atomic mass is 32.1. The van der Waals surface area contributed by atoms with Crippen LogP contribution in [0.2, 0.25) is 0 Å². The summed E-state index contributed by atoms with van der Waals surface area (Å²) < 4.78 is 16.9. The third kappa shape index (κ3) is 4.52. The van der Waals surface area contributed by atoms with Gasteiger partial charge in [-0.25, -0.2) is 4.98 Å². The van der Waals surface area contributed by atoms with Crippen LogP contribution in [0.4, 0.5) is 10.8 Å². The average molecular weight is 459 g/mol. The van der Waals surface area contributed by atoms with Crippen molar-refractivity contribution >= 4 is 34.1 Å². The number of anilines is 2. The van der Waals surface area contributed by atoms with Crippen LogP contribution in [0.5, 0.6) is 0 Å². The lowest BCUT2D eigenvalue weighted by Gasteiger charge is -2.20. The molecule has 1 aromatic heterocycles. The second kappa shape index (κ2) is 8.83. The minimum atomic E-state index is -1.28. The first-order valence-corrected chi connectivity index (χ1v) is 11.9. The van der Waals surface area contributed by atoms with Gasteiger partial charge in [-0.1, -0.05) is 31.5 Å². The number of hydrogen-bond acceptors (Lipinski definition) is 8. The zero-order valence-electron chi connectivity index (χ0n) is 19.0. The molecule has 7 nitrogen and oxygen atoms in total. The van der Waals surface area contributed by atoms with Crippen LogP contribution < -0.4 is 5.32 Å². The quantitative estimate of drug-likeness (QED) is 0.348. The standard InChI is InChI=1S/C24H30N2O5S/c1-15(2)9-10-29-12-18-11-24(20(27)30-18)14-23(4,31-21(24)28)19-13-32-22(26-19)25-17-7-5-16(3)6-8-17/h5-8,13,15,18H,9-12,14H2,1-4H3,(H,25,26)/t18-,23-,24-/m0/s1. The van der Waals surface area contributed by atoms with Crippen LogP contribution in [0.25, 0.3) is 0 Å². The van der Waals surface area contributed by atoms with Crippen molar-refractivity contribution in [2.75, 3.05) is 18.5 Å². The first-order chi connectivity index (χ1) is 15.2. The monoisotopic (exact) mass is 458 g/mol. The van der Waals surface area contributed by atoms with E-state index in [9.17, 15) is 9.59 Å². The first kappa shape index (κ1) is 22.7. The molecule has 32 heavy (non-hydrogen) atoms.